The number of ether oxygens (including phenoxy) is 1. The van der Waals surface area contributed by atoms with Gasteiger partial charge in [-0.25, -0.2) is 4.79 Å². The lowest BCUT2D eigenvalue weighted by atomic mass is 9.95. The smallest absolute Gasteiger partial charge is 0.415 e. The van der Waals surface area contributed by atoms with Crippen molar-refractivity contribution >= 4 is 6.09 Å². The SMILES string of the molecule is C#CC[NH+](C)[C@H](C)Cc1cccc(OC(=O)N(C)C2CCCCC2)c1.[Cl-]. The number of nitrogens with one attached hydrogen (secondary N) is 1. The summed E-state index contributed by atoms with van der Waals surface area (Å²) in [6.07, 6.45) is 11.9. The van der Waals surface area contributed by atoms with Gasteiger partial charge in [0.15, 0.2) is 0 Å². The molecule has 1 amide bonds. The second-order valence-corrected chi connectivity index (χ2v) is 7.25. The van der Waals surface area contributed by atoms with Crippen molar-refractivity contribution in [1.29, 1.82) is 0 Å². The molecular weight excluding hydrogens is 348 g/mol. The fourth-order valence-electron chi connectivity index (χ4n) is 3.39. The predicted octanol–water partition coefficient (Wildman–Crippen LogP) is -0.467. The Labute approximate surface area is 164 Å². The van der Waals surface area contributed by atoms with Crippen molar-refractivity contribution in [2.24, 2.45) is 0 Å². The van der Waals surface area contributed by atoms with Crippen LogP contribution in [0.4, 0.5) is 4.79 Å². The molecule has 26 heavy (non-hydrogen) atoms. The van der Waals surface area contributed by atoms with E-state index in [1.807, 2.05) is 25.2 Å². The minimum Gasteiger partial charge on any atom is -1.00 e. The van der Waals surface area contributed by atoms with Crippen molar-refractivity contribution < 1.29 is 26.8 Å². The maximum atomic E-state index is 12.4. The molecule has 2 atom stereocenters. The number of hydrogen-bond donors (Lipinski definition) is 1. The summed E-state index contributed by atoms with van der Waals surface area (Å²) in [4.78, 5) is 15.5. The molecule has 0 aliphatic heterocycles. The molecule has 4 nitrogen and oxygen atoms in total. The first-order valence-corrected chi connectivity index (χ1v) is 9.30. The maximum Gasteiger partial charge on any atom is 0.415 e. The number of likely N-dealkylation sites (N-methyl/N-ethyl adjacent to an activating group) is 1. The highest BCUT2D eigenvalue weighted by Crippen LogP contribution is 2.23. The van der Waals surface area contributed by atoms with Crippen LogP contribution in [0.5, 0.6) is 5.75 Å². The van der Waals surface area contributed by atoms with E-state index < -0.39 is 0 Å². The second-order valence-electron chi connectivity index (χ2n) is 7.25. The molecule has 0 spiro atoms. The number of hydrogen-bond acceptors (Lipinski definition) is 2. The van der Waals surface area contributed by atoms with Gasteiger partial charge in [-0.15, -0.1) is 6.42 Å². The van der Waals surface area contributed by atoms with Crippen LogP contribution in [-0.4, -0.2) is 43.7 Å². The zero-order valence-electron chi connectivity index (χ0n) is 16.1. The van der Waals surface area contributed by atoms with E-state index in [2.05, 4.69) is 26.0 Å². The van der Waals surface area contributed by atoms with Crippen LogP contribution in [-0.2, 0) is 6.42 Å². The number of carbonyl (C=O) groups excluding carboxylic acids is 1. The van der Waals surface area contributed by atoms with Crippen molar-refractivity contribution in [2.75, 3.05) is 20.6 Å². The van der Waals surface area contributed by atoms with Gasteiger partial charge in [-0.3, -0.25) is 0 Å². The molecule has 1 aromatic rings. The van der Waals surface area contributed by atoms with Crippen LogP contribution in [0.15, 0.2) is 24.3 Å². The van der Waals surface area contributed by atoms with Crippen LogP contribution in [0.25, 0.3) is 0 Å². The molecule has 1 saturated carbocycles. The van der Waals surface area contributed by atoms with E-state index >= 15 is 0 Å². The number of benzene rings is 1. The monoisotopic (exact) mass is 378 g/mol. The lowest BCUT2D eigenvalue weighted by Gasteiger charge is -2.30. The van der Waals surface area contributed by atoms with Crippen LogP contribution < -0.4 is 22.0 Å². The quantitative estimate of drug-likeness (QED) is 0.679. The van der Waals surface area contributed by atoms with E-state index in [-0.39, 0.29) is 18.5 Å². The number of nitrogens with zero attached hydrogens (tertiary/aromatic N) is 1. The summed E-state index contributed by atoms with van der Waals surface area (Å²) in [5, 5.41) is 0. The number of rotatable bonds is 6. The lowest BCUT2D eigenvalue weighted by molar-refractivity contribution is -0.896. The maximum absolute atomic E-state index is 12.4. The number of quaternary nitrogens is 1. The third-order valence-electron chi connectivity index (χ3n) is 5.28. The second kappa shape index (κ2) is 11.1. The third-order valence-corrected chi connectivity index (χ3v) is 5.28. The molecule has 1 unspecified atom stereocenters. The van der Waals surface area contributed by atoms with Crippen molar-refractivity contribution in [3.8, 4) is 18.1 Å². The third kappa shape index (κ3) is 6.55. The van der Waals surface area contributed by atoms with Crippen LogP contribution in [0.3, 0.4) is 0 Å². The molecule has 5 heteroatoms. The number of carbonyl (C=O) groups is 1. The molecule has 0 saturated heterocycles. The molecule has 1 N–H and O–H groups in total. The summed E-state index contributed by atoms with van der Waals surface area (Å²) in [6, 6.07) is 8.55. The van der Waals surface area contributed by atoms with Gasteiger partial charge in [-0.05, 0) is 43.4 Å². The Bertz CT molecular complexity index is 608. The van der Waals surface area contributed by atoms with Gasteiger partial charge in [0.2, 0.25) is 0 Å². The first-order valence-electron chi connectivity index (χ1n) is 9.30. The van der Waals surface area contributed by atoms with Gasteiger partial charge in [0, 0.05) is 19.5 Å². The Balaban J connectivity index is 0.00000338. The van der Waals surface area contributed by atoms with E-state index in [9.17, 15) is 4.79 Å². The highest BCUT2D eigenvalue weighted by Gasteiger charge is 2.23. The van der Waals surface area contributed by atoms with Crippen molar-refractivity contribution in [2.45, 2.75) is 57.5 Å². The Morgan fingerprint density at radius 1 is 1.38 bits per heavy atom. The summed E-state index contributed by atoms with van der Waals surface area (Å²) in [5.41, 5.74) is 1.16. The van der Waals surface area contributed by atoms with Gasteiger partial charge in [0.05, 0.1) is 13.1 Å². The first-order chi connectivity index (χ1) is 12.0. The molecule has 0 aromatic heterocycles. The Hall–Kier alpha value is -1.70. The van der Waals surface area contributed by atoms with Crippen LogP contribution in [0.2, 0.25) is 0 Å². The van der Waals surface area contributed by atoms with Crippen molar-refractivity contribution in [3.63, 3.8) is 0 Å². The zero-order valence-corrected chi connectivity index (χ0v) is 16.9. The summed E-state index contributed by atoms with van der Waals surface area (Å²) < 4.78 is 5.61. The van der Waals surface area contributed by atoms with Crippen molar-refractivity contribution in [3.05, 3.63) is 29.8 Å². The Morgan fingerprint density at radius 2 is 2.08 bits per heavy atom. The summed E-state index contributed by atoms with van der Waals surface area (Å²) in [5.74, 6) is 3.32. The number of halogens is 1. The van der Waals surface area contributed by atoms with Crippen LogP contribution in [0, 0.1) is 12.3 Å². The molecule has 1 aromatic carbocycles. The molecule has 0 bridgehead atoms. The van der Waals surface area contributed by atoms with Gasteiger partial charge in [0.1, 0.15) is 12.3 Å². The topological polar surface area (TPSA) is 34.0 Å². The molecule has 0 heterocycles. The molecule has 144 valence electrons. The Morgan fingerprint density at radius 3 is 2.73 bits per heavy atom. The van der Waals surface area contributed by atoms with Gasteiger partial charge in [-0.1, -0.05) is 31.4 Å². The van der Waals surface area contributed by atoms with Crippen LogP contribution >= 0.6 is 0 Å². The molecule has 1 aliphatic carbocycles. The fourth-order valence-corrected chi connectivity index (χ4v) is 3.39. The van der Waals surface area contributed by atoms with Crippen LogP contribution in [0.1, 0.15) is 44.6 Å². The highest BCUT2D eigenvalue weighted by atomic mass is 35.5. The molecule has 2 rings (SSSR count). The average Bonchev–Trinajstić information content (AvgIpc) is 2.62. The minimum atomic E-state index is -0.257. The first kappa shape index (κ1) is 22.3. The molecular formula is C21H31ClN2O2. The molecule has 1 fully saturated rings. The number of amides is 1. The van der Waals surface area contributed by atoms with E-state index in [4.69, 9.17) is 11.2 Å². The van der Waals surface area contributed by atoms with E-state index in [0.29, 0.717) is 24.4 Å². The molecule has 1 aliphatic rings. The standard InChI is InChI=1S/C21H30N2O2.ClH/c1-5-14-22(3)17(2)15-18-10-9-13-20(16-18)25-21(24)23(4)19-11-7-6-8-12-19;/h1,9-10,13,16-17,19H,6-8,11-12,14-15H2,2-4H3;1H/t17-;/m1./s1. The van der Waals surface area contributed by atoms with Gasteiger partial charge >= 0.3 is 6.09 Å². The molecule has 0 radical (unpaired) electrons. The normalized spacial score (nSPS) is 16.7. The van der Waals surface area contributed by atoms with Gasteiger partial charge in [0.25, 0.3) is 0 Å². The fraction of sp³-hybridized carbons (Fsp3) is 0.571. The van der Waals surface area contributed by atoms with Gasteiger partial charge in [-0.2, -0.15) is 0 Å². The van der Waals surface area contributed by atoms with E-state index in [1.165, 1.54) is 24.2 Å². The largest absolute Gasteiger partial charge is 1.00 e. The van der Waals surface area contributed by atoms with Crippen molar-refractivity contribution in [1.82, 2.24) is 4.90 Å². The van der Waals surface area contributed by atoms with E-state index in [1.54, 1.807) is 4.90 Å². The summed E-state index contributed by atoms with van der Waals surface area (Å²) in [6.45, 7) is 2.89. The Kier molecular flexibility index (Phi) is 9.54. The van der Waals surface area contributed by atoms with E-state index in [0.717, 1.165) is 24.8 Å². The summed E-state index contributed by atoms with van der Waals surface area (Å²) >= 11 is 0. The summed E-state index contributed by atoms with van der Waals surface area (Å²) in [7, 11) is 3.95. The number of terminal acetylenes is 1. The average molecular weight is 379 g/mol. The lowest BCUT2D eigenvalue weighted by Crippen LogP contribution is -3.12. The zero-order chi connectivity index (χ0) is 18.2. The van der Waals surface area contributed by atoms with Gasteiger partial charge < -0.3 is 26.9 Å². The predicted molar refractivity (Wildman–Crippen MR) is 101 cm³/mol. The highest BCUT2D eigenvalue weighted by molar-refractivity contribution is 5.70. The minimum absolute atomic E-state index is 0.